The molecule has 0 unspecified atom stereocenters. The Morgan fingerprint density at radius 1 is 1.21 bits per heavy atom. The average molecular weight is 467 g/mol. The second kappa shape index (κ2) is 8.94. The average Bonchev–Trinajstić information content (AvgIpc) is 3.10. The molecule has 0 saturated carbocycles. The fourth-order valence-electron chi connectivity index (χ4n) is 4.00. The van der Waals surface area contributed by atoms with Crippen LogP contribution in [0.4, 0.5) is 10.5 Å². The number of likely N-dealkylation sites (N-methyl/N-ethyl adjacent to an activating group) is 1. The Balaban J connectivity index is 1.71. The summed E-state index contributed by atoms with van der Waals surface area (Å²) in [6, 6.07) is 5.34. The summed E-state index contributed by atoms with van der Waals surface area (Å²) in [6.07, 6.45) is 2.20. The maximum atomic E-state index is 13.5. The zero-order chi connectivity index (χ0) is 24.6. The molecule has 4 rings (SSSR count). The minimum absolute atomic E-state index is 0.146. The minimum Gasteiger partial charge on any atom is -0.619 e. The fraction of sp³-hybridized carbons (Fsp3) is 0.417. The number of nitrogens with one attached hydrogen (secondary N) is 2. The lowest BCUT2D eigenvalue weighted by Crippen LogP contribution is -2.34. The molecule has 10 heteroatoms. The van der Waals surface area contributed by atoms with Crippen LogP contribution in [0.5, 0.6) is 0 Å². The van der Waals surface area contributed by atoms with Crippen LogP contribution in [0.2, 0.25) is 0 Å². The molecule has 0 aliphatic heterocycles. The molecule has 1 amide bonds. The predicted octanol–water partition coefficient (Wildman–Crippen LogP) is 2.38. The second-order valence-corrected chi connectivity index (χ2v) is 9.57. The molecule has 180 valence electrons. The lowest BCUT2D eigenvalue weighted by atomic mass is 9.87. The number of hydrogen-bond acceptors (Lipinski definition) is 7. The molecule has 1 aliphatic rings. The zero-order valence-corrected chi connectivity index (χ0v) is 20.1. The van der Waals surface area contributed by atoms with Crippen molar-refractivity contribution in [2.24, 2.45) is 0 Å². The Labute approximate surface area is 198 Å². The van der Waals surface area contributed by atoms with Crippen molar-refractivity contribution in [3.63, 3.8) is 0 Å². The molecule has 2 heterocycles. The number of nitrogens with zero attached hydrogens (tertiary/aromatic N) is 4. The molecule has 34 heavy (non-hydrogen) atoms. The van der Waals surface area contributed by atoms with Gasteiger partial charge in [0.05, 0.1) is 23.2 Å². The third-order valence-corrected chi connectivity index (χ3v) is 5.45. The van der Waals surface area contributed by atoms with E-state index in [2.05, 4.69) is 15.5 Å². The third kappa shape index (κ3) is 4.67. The topological polar surface area (TPSA) is 115 Å². The van der Waals surface area contributed by atoms with Gasteiger partial charge in [-0.25, -0.2) is 4.79 Å². The van der Waals surface area contributed by atoms with Crippen LogP contribution in [0, 0.1) is 5.21 Å². The largest absolute Gasteiger partial charge is 0.619 e. The SMILES string of the molecule is CN(C)CCNc1ccc2c3c(nn2CCNC(=O)OC(C)(C)C)-c2c[n+]([O-])ccc2C(=O)c13. The van der Waals surface area contributed by atoms with Gasteiger partial charge >= 0.3 is 6.09 Å². The number of ketones is 1. The number of ether oxygens (including phenoxy) is 1. The van der Waals surface area contributed by atoms with Crippen molar-refractivity contribution in [3.8, 4) is 11.3 Å². The van der Waals surface area contributed by atoms with E-state index in [0.717, 1.165) is 17.7 Å². The van der Waals surface area contributed by atoms with Crippen molar-refractivity contribution in [1.29, 1.82) is 0 Å². The van der Waals surface area contributed by atoms with Gasteiger partial charge in [0.1, 0.15) is 11.3 Å². The van der Waals surface area contributed by atoms with Crippen molar-refractivity contribution < 1.29 is 19.1 Å². The highest BCUT2D eigenvalue weighted by atomic mass is 16.6. The number of fused-ring (bicyclic) bond motifs is 2. The van der Waals surface area contributed by atoms with E-state index < -0.39 is 11.7 Å². The molecule has 0 bridgehead atoms. The van der Waals surface area contributed by atoms with Crippen LogP contribution in [-0.2, 0) is 11.3 Å². The van der Waals surface area contributed by atoms with Gasteiger partial charge in [-0.1, -0.05) is 0 Å². The summed E-state index contributed by atoms with van der Waals surface area (Å²) in [4.78, 5) is 27.6. The number of alkyl carbamates (subject to hydrolysis) is 1. The molecule has 3 aromatic rings. The maximum Gasteiger partial charge on any atom is 0.407 e. The summed E-state index contributed by atoms with van der Waals surface area (Å²) in [5.74, 6) is -0.146. The molecule has 0 fully saturated rings. The maximum absolute atomic E-state index is 13.5. The molecule has 0 saturated heterocycles. The van der Waals surface area contributed by atoms with Crippen LogP contribution in [0.15, 0.2) is 30.6 Å². The summed E-state index contributed by atoms with van der Waals surface area (Å²) in [5, 5.41) is 23.6. The van der Waals surface area contributed by atoms with E-state index in [4.69, 9.17) is 9.84 Å². The van der Waals surface area contributed by atoms with Crippen LogP contribution in [-0.4, -0.2) is 65.9 Å². The van der Waals surface area contributed by atoms with Gasteiger partial charge in [0.25, 0.3) is 0 Å². The number of carbonyl (C=O) groups is 2. The van der Waals surface area contributed by atoms with Crippen molar-refractivity contribution in [2.45, 2.75) is 32.9 Å². The highest BCUT2D eigenvalue weighted by Crippen LogP contribution is 2.41. The summed E-state index contributed by atoms with van der Waals surface area (Å²) >= 11 is 0. The third-order valence-electron chi connectivity index (χ3n) is 5.45. The lowest BCUT2D eigenvalue weighted by Gasteiger charge is -2.19. The molecule has 0 spiro atoms. The van der Waals surface area contributed by atoms with Gasteiger partial charge in [0.2, 0.25) is 0 Å². The van der Waals surface area contributed by atoms with Crippen molar-refractivity contribution in [3.05, 3.63) is 46.9 Å². The standard InChI is InChI=1S/C24H30N6O4/c1-24(2,3)34-23(32)26-10-13-30-18-7-6-17(25-9-12-28(4)5)19-20(18)21(27-30)16-14-29(33)11-8-15(16)22(19)31/h6-8,11,14,25H,9-10,12-13H2,1-5H3,(H,26,32). The quantitative estimate of drug-likeness (QED) is 0.317. The van der Waals surface area contributed by atoms with Gasteiger partial charge in [0.15, 0.2) is 18.2 Å². The second-order valence-electron chi connectivity index (χ2n) is 9.57. The summed E-state index contributed by atoms with van der Waals surface area (Å²) in [5.41, 5.74) is 2.99. The van der Waals surface area contributed by atoms with Crippen molar-refractivity contribution in [2.75, 3.05) is 39.0 Å². The summed E-state index contributed by atoms with van der Waals surface area (Å²) in [6.45, 7) is 7.55. The Kier molecular flexibility index (Phi) is 6.18. The van der Waals surface area contributed by atoms with Crippen molar-refractivity contribution >= 4 is 28.5 Å². The Bertz CT molecular complexity index is 1260. The van der Waals surface area contributed by atoms with E-state index in [-0.39, 0.29) is 5.78 Å². The fourth-order valence-corrected chi connectivity index (χ4v) is 4.00. The number of aromatic nitrogens is 3. The molecule has 0 atom stereocenters. The van der Waals surface area contributed by atoms with E-state index in [1.165, 1.54) is 12.4 Å². The molecular weight excluding hydrogens is 436 g/mol. The van der Waals surface area contributed by atoms with Gasteiger partial charge in [-0.2, -0.15) is 9.83 Å². The van der Waals surface area contributed by atoms with E-state index in [1.54, 1.807) is 31.5 Å². The Hall–Kier alpha value is -3.66. The monoisotopic (exact) mass is 466 g/mol. The first-order chi connectivity index (χ1) is 16.0. The first-order valence-corrected chi connectivity index (χ1v) is 11.2. The number of rotatable bonds is 7. The Morgan fingerprint density at radius 2 is 1.97 bits per heavy atom. The zero-order valence-electron chi connectivity index (χ0n) is 20.1. The van der Waals surface area contributed by atoms with Gasteiger partial charge in [0, 0.05) is 42.3 Å². The molecule has 1 aromatic carbocycles. The normalized spacial score (nSPS) is 12.7. The van der Waals surface area contributed by atoms with E-state index in [1.807, 2.05) is 26.2 Å². The van der Waals surface area contributed by atoms with Gasteiger partial charge in [-0.15, -0.1) is 0 Å². The first-order valence-electron chi connectivity index (χ1n) is 11.2. The summed E-state index contributed by atoms with van der Waals surface area (Å²) in [7, 11) is 3.98. The molecule has 10 nitrogen and oxygen atoms in total. The smallest absolute Gasteiger partial charge is 0.407 e. The van der Waals surface area contributed by atoms with Gasteiger partial charge < -0.3 is 25.5 Å². The molecule has 2 aromatic heterocycles. The summed E-state index contributed by atoms with van der Waals surface area (Å²) < 4.78 is 7.71. The number of pyridine rings is 1. The highest BCUT2D eigenvalue weighted by Gasteiger charge is 2.32. The van der Waals surface area contributed by atoms with Crippen LogP contribution < -0.4 is 15.4 Å². The van der Waals surface area contributed by atoms with Gasteiger partial charge in [-0.05, 0) is 47.0 Å². The lowest BCUT2D eigenvalue weighted by molar-refractivity contribution is -0.604. The molecule has 1 aliphatic carbocycles. The number of benzene rings is 1. The highest BCUT2D eigenvalue weighted by molar-refractivity contribution is 6.27. The van der Waals surface area contributed by atoms with Crippen molar-refractivity contribution in [1.82, 2.24) is 20.0 Å². The van der Waals surface area contributed by atoms with E-state index in [0.29, 0.717) is 52.1 Å². The van der Waals surface area contributed by atoms with Gasteiger partial charge in [-0.3, -0.25) is 9.48 Å². The minimum atomic E-state index is -0.586. The number of amides is 1. The Morgan fingerprint density at radius 3 is 2.68 bits per heavy atom. The molecule has 0 radical (unpaired) electrons. The van der Waals surface area contributed by atoms with E-state index in [9.17, 15) is 14.8 Å². The van der Waals surface area contributed by atoms with Crippen LogP contribution >= 0.6 is 0 Å². The molecule has 2 N–H and O–H groups in total. The number of hydrogen-bond donors (Lipinski definition) is 2. The molecular formula is C24H30N6O4. The van der Waals surface area contributed by atoms with Crippen LogP contribution in [0.25, 0.3) is 22.2 Å². The number of anilines is 1. The van der Waals surface area contributed by atoms with Crippen LogP contribution in [0.1, 0.15) is 36.7 Å². The van der Waals surface area contributed by atoms with E-state index >= 15 is 0 Å². The predicted molar refractivity (Wildman–Crippen MR) is 129 cm³/mol. The van der Waals surface area contributed by atoms with Crippen LogP contribution in [0.3, 0.4) is 0 Å². The number of carbonyl (C=O) groups excluding carboxylic acids is 2. The first kappa shape index (κ1) is 23.5.